The molecule has 0 bridgehead atoms. The molecular formula is C12H16O2. The van der Waals surface area contributed by atoms with Gasteiger partial charge in [0.15, 0.2) is 0 Å². The highest BCUT2D eigenvalue weighted by molar-refractivity contribution is 5.68. The summed E-state index contributed by atoms with van der Waals surface area (Å²) in [5.41, 5.74) is 1.14. The zero-order valence-corrected chi connectivity index (χ0v) is 8.96. The molecule has 0 spiro atoms. The third-order valence-corrected chi connectivity index (χ3v) is 2.04. The Labute approximate surface area is 85.0 Å². The lowest BCUT2D eigenvalue weighted by Crippen LogP contribution is -2.14. The number of hydrogen-bond donors (Lipinski definition) is 0. The van der Waals surface area contributed by atoms with E-state index in [0.717, 1.165) is 12.0 Å². The van der Waals surface area contributed by atoms with Gasteiger partial charge in [0.1, 0.15) is 5.76 Å². The molecule has 0 saturated carbocycles. The van der Waals surface area contributed by atoms with Gasteiger partial charge in [0.05, 0.1) is 0 Å². The van der Waals surface area contributed by atoms with Crippen molar-refractivity contribution < 1.29 is 9.53 Å². The maximum Gasteiger partial charge on any atom is 0.308 e. The Bertz CT molecular complexity index is 319. The van der Waals surface area contributed by atoms with Gasteiger partial charge in [0.2, 0.25) is 0 Å². The molecule has 1 rings (SSSR count). The van der Waals surface area contributed by atoms with Gasteiger partial charge in [0, 0.05) is 6.92 Å². The normalized spacial score (nSPS) is 19.4. The number of hydrogen-bond acceptors (Lipinski definition) is 2. The Morgan fingerprint density at radius 2 is 2.29 bits per heavy atom. The molecule has 14 heavy (non-hydrogen) atoms. The van der Waals surface area contributed by atoms with Gasteiger partial charge in [-0.1, -0.05) is 26.5 Å². The van der Waals surface area contributed by atoms with Crippen LogP contribution in [0.2, 0.25) is 0 Å². The van der Waals surface area contributed by atoms with E-state index in [4.69, 9.17) is 4.74 Å². The molecule has 0 amide bonds. The van der Waals surface area contributed by atoms with Crippen molar-refractivity contribution >= 4 is 5.97 Å². The summed E-state index contributed by atoms with van der Waals surface area (Å²) in [6.07, 6.45) is 6.57. The summed E-state index contributed by atoms with van der Waals surface area (Å²) >= 11 is 0. The van der Waals surface area contributed by atoms with Crippen molar-refractivity contribution in [1.29, 1.82) is 0 Å². The summed E-state index contributed by atoms with van der Waals surface area (Å²) < 4.78 is 5.06. The number of esters is 1. The second kappa shape index (κ2) is 3.82. The van der Waals surface area contributed by atoms with Crippen LogP contribution in [0.3, 0.4) is 0 Å². The maximum absolute atomic E-state index is 10.8. The quantitative estimate of drug-likeness (QED) is 0.629. The van der Waals surface area contributed by atoms with Crippen molar-refractivity contribution in [3.05, 3.63) is 36.1 Å². The van der Waals surface area contributed by atoms with E-state index in [1.54, 1.807) is 6.08 Å². The molecule has 0 aromatic carbocycles. The number of carbonyl (C=O) groups excluding carboxylic acids is 1. The Morgan fingerprint density at radius 1 is 1.64 bits per heavy atom. The van der Waals surface area contributed by atoms with Crippen LogP contribution in [0.5, 0.6) is 0 Å². The highest BCUT2D eigenvalue weighted by atomic mass is 16.5. The van der Waals surface area contributed by atoms with E-state index in [0.29, 0.717) is 5.76 Å². The molecule has 0 unspecified atom stereocenters. The molecule has 1 aliphatic rings. The van der Waals surface area contributed by atoms with Gasteiger partial charge in [-0.15, -0.1) is 0 Å². The SMILES string of the molecule is C=CC1=CC(OC(C)=O)=CC(C)(C)C1. The van der Waals surface area contributed by atoms with Crippen LogP contribution < -0.4 is 0 Å². The molecular weight excluding hydrogens is 176 g/mol. The Hall–Kier alpha value is -1.31. The minimum Gasteiger partial charge on any atom is -0.427 e. The van der Waals surface area contributed by atoms with E-state index in [1.807, 2.05) is 12.2 Å². The predicted octanol–water partition coefficient (Wildman–Crippen LogP) is 2.98. The summed E-state index contributed by atoms with van der Waals surface area (Å²) in [5, 5.41) is 0. The van der Waals surface area contributed by atoms with Gasteiger partial charge in [0.25, 0.3) is 0 Å². The Balaban J connectivity index is 2.91. The summed E-state index contributed by atoms with van der Waals surface area (Å²) in [4.78, 5) is 10.8. The third kappa shape index (κ3) is 2.87. The van der Waals surface area contributed by atoms with Crippen LogP contribution in [0.1, 0.15) is 27.2 Å². The van der Waals surface area contributed by atoms with Gasteiger partial charge in [-0.2, -0.15) is 0 Å². The second-order valence-corrected chi connectivity index (χ2v) is 4.23. The first-order valence-electron chi connectivity index (χ1n) is 4.67. The average Bonchev–Trinajstić information content (AvgIpc) is 1.99. The lowest BCUT2D eigenvalue weighted by molar-refractivity contribution is -0.136. The topological polar surface area (TPSA) is 26.3 Å². The Morgan fingerprint density at radius 3 is 2.79 bits per heavy atom. The predicted molar refractivity (Wildman–Crippen MR) is 56.5 cm³/mol. The summed E-state index contributed by atoms with van der Waals surface area (Å²) in [7, 11) is 0. The molecule has 0 fully saturated rings. The second-order valence-electron chi connectivity index (χ2n) is 4.23. The van der Waals surface area contributed by atoms with Crippen LogP contribution in [0.15, 0.2) is 36.1 Å². The zero-order chi connectivity index (χ0) is 10.8. The molecule has 0 aromatic rings. The number of ether oxygens (including phenoxy) is 1. The Kier molecular flexibility index (Phi) is 2.94. The van der Waals surface area contributed by atoms with E-state index in [1.165, 1.54) is 6.92 Å². The number of carbonyl (C=O) groups is 1. The highest BCUT2D eigenvalue weighted by Gasteiger charge is 2.22. The van der Waals surface area contributed by atoms with Crippen LogP contribution in [-0.2, 0) is 9.53 Å². The van der Waals surface area contributed by atoms with Crippen LogP contribution in [-0.4, -0.2) is 5.97 Å². The molecule has 76 valence electrons. The summed E-state index contributed by atoms with van der Waals surface area (Å²) in [5.74, 6) is 0.345. The number of rotatable bonds is 2. The van der Waals surface area contributed by atoms with Crippen molar-refractivity contribution in [2.24, 2.45) is 5.41 Å². The zero-order valence-electron chi connectivity index (χ0n) is 8.96. The van der Waals surface area contributed by atoms with E-state index in [2.05, 4.69) is 20.4 Å². The van der Waals surface area contributed by atoms with Gasteiger partial charge in [-0.25, -0.2) is 0 Å². The van der Waals surface area contributed by atoms with Gasteiger partial charge >= 0.3 is 5.97 Å². The van der Waals surface area contributed by atoms with E-state index in [-0.39, 0.29) is 11.4 Å². The van der Waals surface area contributed by atoms with Crippen LogP contribution in [0.25, 0.3) is 0 Å². The fourth-order valence-electron chi connectivity index (χ4n) is 1.59. The molecule has 2 nitrogen and oxygen atoms in total. The smallest absolute Gasteiger partial charge is 0.308 e. The summed E-state index contributed by atoms with van der Waals surface area (Å²) in [6, 6.07) is 0. The fraction of sp³-hybridized carbons (Fsp3) is 0.417. The first kappa shape index (κ1) is 10.8. The molecule has 1 aliphatic carbocycles. The third-order valence-electron chi connectivity index (χ3n) is 2.04. The van der Waals surface area contributed by atoms with Gasteiger partial charge in [-0.05, 0) is 29.6 Å². The minimum atomic E-state index is -0.284. The summed E-state index contributed by atoms with van der Waals surface area (Å²) in [6.45, 7) is 9.34. The van der Waals surface area contributed by atoms with Crippen molar-refractivity contribution in [3.63, 3.8) is 0 Å². The van der Waals surface area contributed by atoms with Crippen LogP contribution in [0, 0.1) is 5.41 Å². The van der Waals surface area contributed by atoms with E-state index < -0.39 is 0 Å². The van der Waals surface area contributed by atoms with Crippen molar-refractivity contribution in [2.75, 3.05) is 0 Å². The molecule has 0 atom stereocenters. The maximum atomic E-state index is 10.8. The molecule has 0 saturated heterocycles. The highest BCUT2D eigenvalue weighted by Crippen LogP contribution is 2.33. The molecule has 0 aromatic heterocycles. The molecule has 0 heterocycles. The standard InChI is InChI=1S/C12H16O2/c1-5-10-6-11(14-9(2)13)8-12(3,4)7-10/h5-6,8H,1,7H2,2-4H3. The molecule has 0 N–H and O–H groups in total. The molecule has 0 radical (unpaired) electrons. The van der Waals surface area contributed by atoms with E-state index >= 15 is 0 Å². The van der Waals surface area contributed by atoms with Gasteiger partial charge in [-0.3, -0.25) is 4.79 Å². The minimum absolute atomic E-state index is 0.0308. The van der Waals surface area contributed by atoms with Gasteiger partial charge < -0.3 is 4.74 Å². The van der Waals surface area contributed by atoms with Crippen LogP contribution in [0.4, 0.5) is 0 Å². The lowest BCUT2D eigenvalue weighted by Gasteiger charge is -2.25. The van der Waals surface area contributed by atoms with Crippen molar-refractivity contribution in [3.8, 4) is 0 Å². The molecule has 2 heteroatoms. The van der Waals surface area contributed by atoms with Crippen molar-refractivity contribution in [1.82, 2.24) is 0 Å². The molecule has 0 aliphatic heterocycles. The van der Waals surface area contributed by atoms with Crippen LogP contribution >= 0.6 is 0 Å². The van der Waals surface area contributed by atoms with Crippen molar-refractivity contribution in [2.45, 2.75) is 27.2 Å². The monoisotopic (exact) mass is 192 g/mol. The first-order valence-corrected chi connectivity index (χ1v) is 4.67. The number of allylic oxidation sites excluding steroid dienone is 4. The van der Waals surface area contributed by atoms with E-state index in [9.17, 15) is 4.79 Å². The largest absolute Gasteiger partial charge is 0.427 e. The average molecular weight is 192 g/mol. The fourth-order valence-corrected chi connectivity index (χ4v) is 1.59. The first-order chi connectivity index (χ1) is 6.43. The lowest BCUT2D eigenvalue weighted by atomic mass is 9.81.